The van der Waals surface area contributed by atoms with Crippen LogP contribution >= 0.6 is 11.6 Å². The highest BCUT2D eigenvalue weighted by Gasteiger charge is 1.98. The molecule has 0 aliphatic heterocycles. The molecule has 94 valence electrons. The summed E-state index contributed by atoms with van der Waals surface area (Å²) in [5.74, 6) is 0. The summed E-state index contributed by atoms with van der Waals surface area (Å²) in [6.45, 7) is 3.28. The van der Waals surface area contributed by atoms with Crippen LogP contribution in [-0.2, 0) is 6.54 Å². The summed E-state index contributed by atoms with van der Waals surface area (Å²) in [4.78, 5) is 11.5. The molecule has 0 aliphatic rings. The number of hydrogen-bond acceptors (Lipinski definition) is 2. The van der Waals surface area contributed by atoms with Crippen molar-refractivity contribution in [2.45, 2.75) is 13.5 Å². The third-order valence-electron chi connectivity index (χ3n) is 2.75. The van der Waals surface area contributed by atoms with E-state index in [9.17, 15) is 4.79 Å². The number of aryl methyl sites for hydroxylation is 1. The van der Waals surface area contributed by atoms with Crippen LogP contribution < -0.4 is 10.9 Å². The molecular weight excluding hydrogens is 248 g/mol. The van der Waals surface area contributed by atoms with E-state index in [1.165, 1.54) is 0 Å². The van der Waals surface area contributed by atoms with Crippen molar-refractivity contribution < 1.29 is 0 Å². The van der Waals surface area contributed by atoms with Gasteiger partial charge in [-0.1, -0.05) is 23.7 Å². The largest absolute Gasteiger partial charge is 0.383 e. The predicted octanol–water partition coefficient (Wildman–Crippen LogP) is 2.92. The molecule has 2 rings (SSSR count). The fourth-order valence-corrected chi connectivity index (χ4v) is 1.85. The molecular formula is C14H15ClN2O. The van der Waals surface area contributed by atoms with Gasteiger partial charge in [-0.3, -0.25) is 4.79 Å². The lowest BCUT2D eigenvalue weighted by molar-refractivity contribution is 0.697. The van der Waals surface area contributed by atoms with Gasteiger partial charge in [-0.15, -0.1) is 0 Å². The molecule has 0 atom stereocenters. The molecule has 3 nitrogen and oxygen atoms in total. The highest BCUT2D eigenvalue weighted by molar-refractivity contribution is 6.31. The predicted molar refractivity (Wildman–Crippen MR) is 75.4 cm³/mol. The second-order valence-corrected chi connectivity index (χ2v) is 4.53. The van der Waals surface area contributed by atoms with E-state index in [0.29, 0.717) is 13.1 Å². The second kappa shape index (κ2) is 5.74. The first kappa shape index (κ1) is 12.7. The Kier molecular flexibility index (Phi) is 4.05. The number of aromatic nitrogens is 1. The van der Waals surface area contributed by atoms with Crippen LogP contribution in [0, 0.1) is 6.92 Å². The lowest BCUT2D eigenvalue weighted by Gasteiger charge is -2.09. The minimum Gasteiger partial charge on any atom is -0.383 e. The molecule has 0 unspecified atom stereocenters. The van der Waals surface area contributed by atoms with Gasteiger partial charge in [0.2, 0.25) is 0 Å². The van der Waals surface area contributed by atoms with Crippen LogP contribution in [-0.4, -0.2) is 11.1 Å². The maximum Gasteiger partial charge on any atom is 0.250 e. The molecule has 0 bridgehead atoms. The molecule has 0 saturated carbocycles. The number of rotatable bonds is 4. The van der Waals surface area contributed by atoms with E-state index in [-0.39, 0.29) is 5.56 Å². The van der Waals surface area contributed by atoms with Crippen LogP contribution in [0.2, 0.25) is 5.02 Å². The van der Waals surface area contributed by atoms with Gasteiger partial charge in [-0.25, -0.2) is 0 Å². The molecule has 0 spiro atoms. The van der Waals surface area contributed by atoms with Crippen molar-refractivity contribution in [3.8, 4) is 0 Å². The molecule has 18 heavy (non-hydrogen) atoms. The van der Waals surface area contributed by atoms with E-state index in [1.807, 2.05) is 31.2 Å². The standard InChI is InChI=1S/C14H15ClN2O/c1-11-5-6-12(10-13(11)15)16-7-9-17-8-3-2-4-14(17)18/h2-6,8,10,16H,7,9H2,1H3. The summed E-state index contributed by atoms with van der Waals surface area (Å²) >= 11 is 6.04. The SMILES string of the molecule is Cc1ccc(NCCn2ccccc2=O)cc1Cl. The van der Waals surface area contributed by atoms with Gasteiger partial charge < -0.3 is 9.88 Å². The summed E-state index contributed by atoms with van der Waals surface area (Å²) < 4.78 is 1.67. The van der Waals surface area contributed by atoms with Gasteiger partial charge in [0.15, 0.2) is 0 Å². The van der Waals surface area contributed by atoms with Gasteiger partial charge in [-0.05, 0) is 30.7 Å². The average Bonchev–Trinajstić information content (AvgIpc) is 2.36. The van der Waals surface area contributed by atoms with Gasteiger partial charge in [0.1, 0.15) is 0 Å². The summed E-state index contributed by atoms with van der Waals surface area (Å²) in [6, 6.07) is 11.0. The number of nitrogens with zero attached hydrogens (tertiary/aromatic N) is 1. The van der Waals surface area contributed by atoms with E-state index < -0.39 is 0 Å². The van der Waals surface area contributed by atoms with E-state index in [2.05, 4.69) is 5.32 Å². The molecule has 1 aromatic heterocycles. The van der Waals surface area contributed by atoms with Crippen LogP contribution in [0.3, 0.4) is 0 Å². The molecule has 0 radical (unpaired) electrons. The molecule has 4 heteroatoms. The number of hydrogen-bond donors (Lipinski definition) is 1. The van der Waals surface area contributed by atoms with Gasteiger partial charge in [0, 0.05) is 36.1 Å². The Balaban J connectivity index is 1.95. The van der Waals surface area contributed by atoms with Crippen molar-refractivity contribution in [2.75, 3.05) is 11.9 Å². The maximum atomic E-state index is 11.5. The zero-order chi connectivity index (χ0) is 13.0. The molecule has 0 saturated heterocycles. The van der Waals surface area contributed by atoms with Crippen molar-refractivity contribution in [1.29, 1.82) is 0 Å². The normalized spacial score (nSPS) is 10.3. The Morgan fingerprint density at radius 1 is 1.28 bits per heavy atom. The van der Waals surface area contributed by atoms with Crippen molar-refractivity contribution in [3.63, 3.8) is 0 Å². The third-order valence-corrected chi connectivity index (χ3v) is 3.16. The highest BCUT2D eigenvalue weighted by atomic mass is 35.5. The van der Waals surface area contributed by atoms with Crippen molar-refractivity contribution >= 4 is 17.3 Å². The monoisotopic (exact) mass is 262 g/mol. The minimum absolute atomic E-state index is 0.0150. The summed E-state index contributed by atoms with van der Waals surface area (Å²) in [5, 5.41) is 3.99. The number of benzene rings is 1. The van der Waals surface area contributed by atoms with E-state index in [4.69, 9.17) is 11.6 Å². The third kappa shape index (κ3) is 3.14. The quantitative estimate of drug-likeness (QED) is 0.919. The first-order chi connectivity index (χ1) is 8.66. The number of halogens is 1. The zero-order valence-electron chi connectivity index (χ0n) is 10.2. The van der Waals surface area contributed by atoms with Crippen molar-refractivity contribution in [3.05, 3.63) is 63.5 Å². The highest BCUT2D eigenvalue weighted by Crippen LogP contribution is 2.19. The molecule has 0 amide bonds. The van der Waals surface area contributed by atoms with Gasteiger partial charge in [-0.2, -0.15) is 0 Å². The summed E-state index contributed by atoms with van der Waals surface area (Å²) in [5.41, 5.74) is 2.04. The Morgan fingerprint density at radius 2 is 2.11 bits per heavy atom. The van der Waals surface area contributed by atoms with Crippen LogP contribution in [0.15, 0.2) is 47.4 Å². The first-order valence-corrected chi connectivity index (χ1v) is 6.20. The molecule has 0 fully saturated rings. The lowest BCUT2D eigenvalue weighted by atomic mass is 10.2. The van der Waals surface area contributed by atoms with Crippen LogP contribution in [0.25, 0.3) is 0 Å². The Bertz CT molecular complexity index is 592. The Hall–Kier alpha value is -1.74. The van der Waals surface area contributed by atoms with Gasteiger partial charge in [0.25, 0.3) is 5.56 Å². The topological polar surface area (TPSA) is 34.0 Å². The van der Waals surface area contributed by atoms with Crippen molar-refractivity contribution in [1.82, 2.24) is 4.57 Å². The van der Waals surface area contributed by atoms with Gasteiger partial charge >= 0.3 is 0 Å². The maximum absolute atomic E-state index is 11.5. The first-order valence-electron chi connectivity index (χ1n) is 5.82. The number of pyridine rings is 1. The summed E-state index contributed by atoms with van der Waals surface area (Å²) in [7, 11) is 0. The number of anilines is 1. The second-order valence-electron chi connectivity index (χ2n) is 4.12. The van der Waals surface area contributed by atoms with E-state index in [1.54, 1.807) is 22.9 Å². The van der Waals surface area contributed by atoms with E-state index in [0.717, 1.165) is 16.3 Å². The zero-order valence-corrected chi connectivity index (χ0v) is 10.9. The van der Waals surface area contributed by atoms with Crippen LogP contribution in [0.4, 0.5) is 5.69 Å². The molecule has 2 aromatic rings. The molecule has 0 aliphatic carbocycles. The molecule has 1 heterocycles. The van der Waals surface area contributed by atoms with Crippen molar-refractivity contribution in [2.24, 2.45) is 0 Å². The number of nitrogens with one attached hydrogen (secondary N) is 1. The smallest absolute Gasteiger partial charge is 0.250 e. The van der Waals surface area contributed by atoms with Gasteiger partial charge in [0.05, 0.1) is 0 Å². The fourth-order valence-electron chi connectivity index (χ4n) is 1.67. The average molecular weight is 263 g/mol. The van der Waals surface area contributed by atoms with Crippen LogP contribution in [0.1, 0.15) is 5.56 Å². The molecule has 1 N–H and O–H groups in total. The lowest BCUT2D eigenvalue weighted by Crippen LogP contribution is -2.21. The Labute approximate surface area is 111 Å². The Morgan fingerprint density at radius 3 is 2.83 bits per heavy atom. The molecule has 1 aromatic carbocycles. The summed E-state index contributed by atoms with van der Waals surface area (Å²) in [6.07, 6.45) is 1.78. The van der Waals surface area contributed by atoms with Crippen LogP contribution in [0.5, 0.6) is 0 Å². The minimum atomic E-state index is 0.0150. The fraction of sp³-hybridized carbons (Fsp3) is 0.214. The van der Waals surface area contributed by atoms with E-state index >= 15 is 0 Å².